The molecule has 0 spiro atoms. The summed E-state index contributed by atoms with van der Waals surface area (Å²) >= 11 is 0. The minimum atomic E-state index is -0.571. The number of aromatic nitrogens is 4. The number of methoxy groups -OCH3 is 2. The topological polar surface area (TPSA) is 100 Å². The molecule has 29 heavy (non-hydrogen) atoms. The first-order valence-electron chi connectivity index (χ1n) is 9.81. The Hall–Kier alpha value is -3.10. The van der Waals surface area contributed by atoms with Crippen molar-refractivity contribution in [2.24, 2.45) is 0 Å². The number of nitrogens with one attached hydrogen (secondary N) is 1. The molecule has 2 heterocycles. The van der Waals surface area contributed by atoms with Gasteiger partial charge in [-0.1, -0.05) is 11.5 Å². The van der Waals surface area contributed by atoms with E-state index in [9.17, 15) is 4.79 Å². The second kappa shape index (κ2) is 8.10. The summed E-state index contributed by atoms with van der Waals surface area (Å²) in [6.45, 7) is 1.83. The monoisotopic (exact) mass is 399 g/mol. The first kappa shape index (κ1) is 19.2. The Morgan fingerprint density at radius 3 is 2.69 bits per heavy atom. The molecule has 1 aliphatic heterocycles. The van der Waals surface area contributed by atoms with Crippen LogP contribution in [-0.4, -0.2) is 46.5 Å². The van der Waals surface area contributed by atoms with Gasteiger partial charge in [-0.25, -0.2) is 4.79 Å². The van der Waals surface area contributed by atoms with Gasteiger partial charge in [0, 0.05) is 17.3 Å². The van der Waals surface area contributed by atoms with Gasteiger partial charge >= 0.3 is 5.97 Å². The predicted octanol–water partition coefficient (Wildman–Crippen LogP) is 2.86. The Morgan fingerprint density at radius 1 is 1.17 bits per heavy atom. The molecule has 1 aromatic carbocycles. The van der Waals surface area contributed by atoms with Crippen LogP contribution in [0.15, 0.2) is 29.5 Å². The SMILES string of the molecule is COc1ccc(C2C(C(=O)OC3CCCCC3)=C(C)Nc3nnnn32)c(OC)c1. The molecule has 0 amide bonds. The molecule has 0 bridgehead atoms. The molecule has 9 nitrogen and oxygen atoms in total. The fourth-order valence-corrected chi connectivity index (χ4v) is 4.01. The predicted molar refractivity (Wildman–Crippen MR) is 105 cm³/mol. The second-order valence-corrected chi connectivity index (χ2v) is 7.29. The van der Waals surface area contributed by atoms with Crippen molar-refractivity contribution in [3.63, 3.8) is 0 Å². The highest BCUT2D eigenvalue weighted by atomic mass is 16.5. The number of esters is 1. The van der Waals surface area contributed by atoms with Gasteiger partial charge in [0.25, 0.3) is 0 Å². The van der Waals surface area contributed by atoms with Gasteiger partial charge in [0.1, 0.15) is 23.6 Å². The summed E-state index contributed by atoms with van der Waals surface area (Å²) in [5.41, 5.74) is 1.88. The lowest BCUT2D eigenvalue weighted by atomic mass is 9.94. The van der Waals surface area contributed by atoms with Crippen molar-refractivity contribution >= 4 is 11.9 Å². The smallest absolute Gasteiger partial charge is 0.338 e. The number of fused-ring (bicyclic) bond motifs is 1. The van der Waals surface area contributed by atoms with Gasteiger partial charge in [0.05, 0.1) is 19.8 Å². The Bertz CT molecular complexity index is 933. The third-order valence-electron chi connectivity index (χ3n) is 5.50. The molecule has 1 atom stereocenters. The van der Waals surface area contributed by atoms with E-state index in [0.29, 0.717) is 28.7 Å². The number of rotatable bonds is 5. The standard InChI is InChI=1S/C20H25N5O4/c1-12-17(19(26)29-13-7-5-4-6-8-13)18(25-20(21-12)22-23-24-25)15-10-9-14(27-2)11-16(15)28-3/h9-11,13,18H,4-8H2,1-3H3,(H,21,22,24). The Labute approximate surface area is 169 Å². The van der Waals surface area contributed by atoms with Crippen LogP contribution in [0.2, 0.25) is 0 Å². The zero-order valence-electron chi connectivity index (χ0n) is 16.8. The van der Waals surface area contributed by atoms with Crippen LogP contribution in [0.5, 0.6) is 11.5 Å². The van der Waals surface area contributed by atoms with Gasteiger partial charge in [-0.3, -0.25) is 0 Å². The Balaban J connectivity index is 1.75. The van der Waals surface area contributed by atoms with Crippen LogP contribution in [-0.2, 0) is 9.53 Å². The van der Waals surface area contributed by atoms with Gasteiger partial charge in [-0.2, -0.15) is 4.68 Å². The minimum Gasteiger partial charge on any atom is -0.497 e. The quantitative estimate of drug-likeness (QED) is 0.766. The molecule has 1 unspecified atom stereocenters. The summed E-state index contributed by atoms with van der Waals surface area (Å²) < 4.78 is 18.4. The maximum Gasteiger partial charge on any atom is 0.338 e. The van der Waals surface area contributed by atoms with E-state index in [1.807, 2.05) is 19.1 Å². The van der Waals surface area contributed by atoms with E-state index in [1.165, 1.54) is 6.42 Å². The van der Waals surface area contributed by atoms with E-state index < -0.39 is 6.04 Å². The second-order valence-electron chi connectivity index (χ2n) is 7.29. The molecule has 0 radical (unpaired) electrons. The molecule has 4 rings (SSSR count). The molecule has 154 valence electrons. The van der Waals surface area contributed by atoms with Gasteiger partial charge in [-0.05, 0) is 55.2 Å². The van der Waals surface area contributed by atoms with Crippen LogP contribution < -0.4 is 14.8 Å². The number of tetrazole rings is 1. The van der Waals surface area contributed by atoms with Crippen molar-refractivity contribution in [3.8, 4) is 11.5 Å². The largest absolute Gasteiger partial charge is 0.497 e. The molecule has 9 heteroatoms. The van der Waals surface area contributed by atoms with Crippen LogP contribution in [0.25, 0.3) is 0 Å². The van der Waals surface area contributed by atoms with Crippen molar-refractivity contribution in [2.45, 2.75) is 51.2 Å². The first-order chi connectivity index (χ1) is 14.1. The summed E-state index contributed by atoms with van der Waals surface area (Å²) in [5, 5.41) is 15.0. The van der Waals surface area contributed by atoms with E-state index in [4.69, 9.17) is 14.2 Å². The number of ether oxygens (including phenoxy) is 3. The van der Waals surface area contributed by atoms with Crippen molar-refractivity contribution in [2.75, 3.05) is 19.5 Å². The van der Waals surface area contributed by atoms with E-state index in [1.54, 1.807) is 25.0 Å². The number of anilines is 1. The van der Waals surface area contributed by atoms with E-state index >= 15 is 0 Å². The molecular weight excluding hydrogens is 374 g/mol. The average Bonchev–Trinajstić information content (AvgIpc) is 3.21. The van der Waals surface area contributed by atoms with Crippen LogP contribution in [0.1, 0.15) is 50.6 Å². The summed E-state index contributed by atoms with van der Waals surface area (Å²) in [6.07, 6.45) is 5.11. The lowest BCUT2D eigenvalue weighted by Crippen LogP contribution is -2.32. The number of hydrogen-bond acceptors (Lipinski definition) is 8. The summed E-state index contributed by atoms with van der Waals surface area (Å²) in [5.74, 6) is 1.34. The summed E-state index contributed by atoms with van der Waals surface area (Å²) in [7, 11) is 3.17. The molecule has 2 aliphatic rings. The maximum atomic E-state index is 13.2. The van der Waals surface area contributed by atoms with Crippen molar-refractivity contribution in [3.05, 3.63) is 35.0 Å². The molecule has 1 N–H and O–H groups in total. The van der Waals surface area contributed by atoms with Crippen LogP contribution in [0, 0.1) is 0 Å². The third kappa shape index (κ3) is 3.64. The number of carbonyl (C=O) groups excluding carboxylic acids is 1. The van der Waals surface area contributed by atoms with Crippen molar-refractivity contribution < 1.29 is 19.0 Å². The van der Waals surface area contributed by atoms with E-state index in [-0.39, 0.29) is 12.1 Å². The lowest BCUT2D eigenvalue weighted by molar-refractivity contribution is -0.146. The van der Waals surface area contributed by atoms with E-state index in [2.05, 4.69) is 20.8 Å². The highest BCUT2D eigenvalue weighted by Gasteiger charge is 2.37. The number of hydrogen-bond donors (Lipinski definition) is 1. The van der Waals surface area contributed by atoms with E-state index in [0.717, 1.165) is 31.2 Å². The fraction of sp³-hybridized carbons (Fsp3) is 0.500. The van der Waals surface area contributed by atoms with Gasteiger partial charge in [0.15, 0.2) is 0 Å². The minimum absolute atomic E-state index is 0.0507. The molecule has 1 fully saturated rings. The fourth-order valence-electron chi connectivity index (χ4n) is 4.01. The first-order valence-corrected chi connectivity index (χ1v) is 9.81. The summed E-state index contributed by atoms with van der Waals surface area (Å²) in [4.78, 5) is 13.2. The zero-order valence-corrected chi connectivity index (χ0v) is 16.8. The Morgan fingerprint density at radius 2 is 1.97 bits per heavy atom. The molecule has 1 aliphatic carbocycles. The number of nitrogens with zero attached hydrogens (tertiary/aromatic N) is 4. The maximum absolute atomic E-state index is 13.2. The highest BCUT2D eigenvalue weighted by molar-refractivity contribution is 5.92. The number of allylic oxidation sites excluding steroid dienone is 1. The molecular formula is C20H25N5O4. The number of carbonyl (C=O) groups is 1. The molecule has 0 saturated heterocycles. The van der Waals surface area contributed by atoms with Gasteiger partial charge < -0.3 is 19.5 Å². The highest BCUT2D eigenvalue weighted by Crippen LogP contribution is 2.40. The lowest BCUT2D eigenvalue weighted by Gasteiger charge is -2.30. The molecule has 2 aromatic rings. The summed E-state index contributed by atoms with van der Waals surface area (Å²) in [6, 6.07) is 4.89. The van der Waals surface area contributed by atoms with Crippen LogP contribution in [0.3, 0.4) is 0 Å². The number of benzene rings is 1. The van der Waals surface area contributed by atoms with Crippen molar-refractivity contribution in [1.82, 2.24) is 20.2 Å². The average molecular weight is 399 g/mol. The van der Waals surface area contributed by atoms with Crippen LogP contribution in [0.4, 0.5) is 5.95 Å². The van der Waals surface area contributed by atoms with Gasteiger partial charge in [-0.15, -0.1) is 0 Å². The van der Waals surface area contributed by atoms with Crippen LogP contribution >= 0.6 is 0 Å². The normalized spacial score (nSPS) is 19.3. The van der Waals surface area contributed by atoms with Gasteiger partial charge in [0.2, 0.25) is 5.95 Å². The molecule has 1 saturated carbocycles. The Kier molecular flexibility index (Phi) is 5.37. The third-order valence-corrected chi connectivity index (χ3v) is 5.50. The zero-order chi connectivity index (χ0) is 20.4. The molecule has 1 aromatic heterocycles. The van der Waals surface area contributed by atoms with Crippen molar-refractivity contribution in [1.29, 1.82) is 0 Å².